The quantitative estimate of drug-likeness (QED) is 0.519. The molecule has 1 aromatic heterocycles. The van der Waals surface area contributed by atoms with Crippen molar-refractivity contribution < 1.29 is 19.9 Å². The van der Waals surface area contributed by atoms with E-state index < -0.39 is 29.6 Å². The maximum absolute atomic E-state index is 12.1. The minimum absolute atomic E-state index is 0.0338. The topological polar surface area (TPSA) is 131 Å². The molecule has 2 unspecified atom stereocenters. The highest BCUT2D eigenvalue weighted by Crippen LogP contribution is 2.21. The van der Waals surface area contributed by atoms with Gasteiger partial charge in [-0.15, -0.1) is 0 Å². The van der Waals surface area contributed by atoms with Gasteiger partial charge < -0.3 is 15.5 Å². The van der Waals surface area contributed by atoms with Crippen LogP contribution in [0.1, 0.15) is 22.2 Å². The standard InChI is InChI=1S/C14H15ClN4O5/c1-18-6-10(15)12(17-18)14(22)16-11(7-20)13(21)8-2-4-9(5-3-8)19(23)24/h2-6,11,13,20-21H,7H2,1H3,(H,16,22). The molecular formula is C14H15ClN4O5. The summed E-state index contributed by atoms with van der Waals surface area (Å²) in [6, 6.07) is 4.13. The number of nitrogens with one attached hydrogen (secondary N) is 1. The van der Waals surface area contributed by atoms with Gasteiger partial charge in [-0.05, 0) is 17.7 Å². The summed E-state index contributed by atoms with van der Waals surface area (Å²) in [6.07, 6.45) is 0.180. The van der Waals surface area contributed by atoms with Crippen LogP contribution in [0, 0.1) is 10.1 Å². The number of nitro groups is 1. The van der Waals surface area contributed by atoms with Crippen molar-refractivity contribution in [1.29, 1.82) is 0 Å². The first-order chi connectivity index (χ1) is 11.3. The van der Waals surface area contributed by atoms with Crippen molar-refractivity contribution in [2.24, 2.45) is 7.05 Å². The van der Waals surface area contributed by atoms with Crippen LogP contribution in [-0.4, -0.2) is 43.5 Å². The van der Waals surface area contributed by atoms with Gasteiger partial charge in [0.1, 0.15) is 6.10 Å². The second kappa shape index (κ2) is 7.39. The number of halogens is 1. The number of carbonyl (C=O) groups excluding carboxylic acids is 1. The number of aryl methyl sites for hydroxylation is 1. The molecule has 1 aromatic carbocycles. The van der Waals surface area contributed by atoms with Gasteiger partial charge in [0, 0.05) is 25.4 Å². The number of aliphatic hydroxyl groups excluding tert-OH is 2. The summed E-state index contributed by atoms with van der Waals surface area (Å²) in [5, 5.41) is 36.8. The monoisotopic (exact) mass is 354 g/mol. The number of non-ortho nitro benzene ring substituents is 1. The summed E-state index contributed by atoms with van der Waals surface area (Å²) in [7, 11) is 1.60. The molecule has 0 saturated heterocycles. The van der Waals surface area contributed by atoms with Gasteiger partial charge in [0.25, 0.3) is 11.6 Å². The lowest BCUT2D eigenvalue weighted by atomic mass is 10.0. The highest BCUT2D eigenvalue weighted by molar-refractivity contribution is 6.33. The van der Waals surface area contributed by atoms with Crippen LogP contribution >= 0.6 is 11.6 Å². The van der Waals surface area contributed by atoms with E-state index in [2.05, 4.69) is 10.4 Å². The van der Waals surface area contributed by atoms with Crippen molar-refractivity contribution in [3.8, 4) is 0 Å². The van der Waals surface area contributed by atoms with Crippen LogP contribution in [0.4, 0.5) is 5.69 Å². The van der Waals surface area contributed by atoms with Crippen LogP contribution in [0.5, 0.6) is 0 Å². The first-order valence-electron chi connectivity index (χ1n) is 6.86. The maximum atomic E-state index is 12.1. The second-order valence-corrected chi connectivity index (χ2v) is 5.46. The first-order valence-corrected chi connectivity index (χ1v) is 7.24. The minimum Gasteiger partial charge on any atom is -0.394 e. The predicted molar refractivity (Wildman–Crippen MR) is 84.6 cm³/mol. The lowest BCUT2D eigenvalue weighted by Gasteiger charge is -2.22. The highest BCUT2D eigenvalue weighted by atomic mass is 35.5. The molecule has 2 atom stereocenters. The number of amides is 1. The molecule has 2 rings (SSSR count). The number of benzene rings is 1. The fourth-order valence-electron chi connectivity index (χ4n) is 2.10. The Balaban J connectivity index is 2.13. The van der Waals surface area contributed by atoms with Gasteiger partial charge in [0.2, 0.25) is 0 Å². The third-order valence-electron chi connectivity index (χ3n) is 3.34. The molecule has 0 saturated carbocycles. The van der Waals surface area contributed by atoms with Crippen LogP contribution in [0.15, 0.2) is 30.5 Å². The Bertz CT molecular complexity index is 746. The number of nitro benzene ring substituents is 1. The third-order valence-corrected chi connectivity index (χ3v) is 3.62. The summed E-state index contributed by atoms with van der Waals surface area (Å²) in [5.74, 6) is -0.652. The van der Waals surface area contributed by atoms with Crippen LogP contribution in [0.2, 0.25) is 5.02 Å². The molecule has 1 amide bonds. The van der Waals surface area contributed by atoms with E-state index in [9.17, 15) is 25.1 Å². The molecule has 10 heteroatoms. The summed E-state index contributed by atoms with van der Waals surface area (Å²) in [6.45, 7) is -0.547. The molecule has 2 aromatic rings. The number of aromatic nitrogens is 2. The molecule has 24 heavy (non-hydrogen) atoms. The van der Waals surface area contributed by atoms with Gasteiger partial charge in [-0.3, -0.25) is 19.6 Å². The van der Waals surface area contributed by atoms with Crippen molar-refractivity contribution in [3.05, 3.63) is 56.9 Å². The number of carbonyl (C=O) groups is 1. The Labute approximate surface area is 141 Å². The van der Waals surface area contributed by atoms with Crippen molar-refractivity contribution >= 4 is 23.2 Å². The van der Waals surface area contributed by atoms with Gasteiger partial charge in [0.05, 0.1) is 22.6 Å². The van der Waals surface area contributed by atoms with E-state index in [1.54, 1.807) is 7.05 Å². The van der Waals surface area contributed by atoms with E-state index in [4.69, 9.17) is 11.6 Å². The van der Waals surface area contributed by atoms with E-state index in [1.807, 2.05) is 0 Å². The van der Waals surface area contributed by atoms with Crippen LogP contribution in [0.25, 0.3) is 0 Å². The average molecular weight is 355 g/mol. The summed E-state index contributed by atoms with van der Waals surface area (Å²) in [5.41, 5.74) is 0.149. The average Bonchev–Trinajstić information content (AvgIpc) is 2.90. The molecule has 0 aliphatic rings. The van der Waals surface area contributed by atoms with Crippen LogP contribution in [0.3, 0.4) is 0 Å². The van der Waals surface area contributed by atoms with Gasteiger partial charge in [-0.1, -0.05) is 11.6 Å². The van der Waals surface area contributed by atoms with Crippen LogP contribution < -0.4 is 5.32 Å². The largest absolute Gasteiger partial charge is 0.394 e. The molecule has 3 N–H and O–H groups in total. The van der Waals surface area contributed by atoms with Crippen molar-refractivity contribution in [2.75, 3.05) is 6.61 Å². The maximum Gasteiger partial charge on any atom is 0.273 e. The SMILES string of the molecule is Cn1cc(Cl)c(C(=O)NC(CO)C(O)c2ccc([N+](=O)[O-])cc2)n1. The molecule has 0 aliphatic heterocycles. The highest BCUT2D eigenvalue weighted by Gasteiger charge is 2.25. The number of aliphatic hydroxyl groups is 2. The summed E-state index contributed by atoms with van der Waals surface area (Å²) < 4.78 is 1.36. The molecule has 9 nitrogen and oxygen atoms in total. The molecule has 0 aliphatic carbocycles. The van der Waals surface area contributed by atoms with E-state index in [0.717, 1.165) is 0 Å². The smallest absolute Gasteiger partial charge is 0.273 e. The lowest BCUT2D eigenvalue weighted by molar-refractivity contribution is -0.384. The fourth-order valence-corrected chi connectivity index (χ4v) is 2.36. The van der Waals surface area contributed by atoms with Crippen molar-refractivity contribution in [3.63, 3.8) is 0 Å². The molecule has 0 bridgehead atoms. The lowest BCUT2D eigenvalue weighted by Crippen LogP contribution is -2.42. The zero-order valence-electron chi connectivity index (χ0n) is 12.6. The number of rotatable bonds is 6. The third kappa shape index (κ3) is 3.88. The minimum atomic E-state index is -1.26. The summed E-state index contributed by atoms with van der Waals surface area (Å²) >= 11 is 5.88. The van der Waals surface area contributed by atoms with Crippen molar-refractivity contribution in [1.82, 2.24) is 15.1 Å². The zero-order chi connectivity index (χ0) is 17.9. The van der Waals surface area contributed by atoms with Gasteiger partial charge in [-0.2, -0.15) is 5.10 Å². The van der Waals surface area contributed by atoms with Crippen molar-refractivity contribution in [2.45, 2.75) is 12.1 Å². The Morgan fingerprint density at radius 1 is 1.46 bits per heavy atom. The van der Waals surface area contributed by atoms with Gasteiger partial charge in [-0.25, -0.2) is 0 Å². The Morgan fingerprint density at radius 2 is 2.08 bits per heavy atom. The van der Waals surface area contributed by atoms with E-state index in [1.165, 1.54) is 35.1 Å². The molecule has 1 heterocycles. The molecule has 128 valence electrons. The predicted octanol–water partition coefficient (Wildman–Crippen LogP) is 0.806. The molecule has 0 spiro atoms. The Morgan fingerprint density at radius 3 is 2.54 bits per heavy atom. The molecule has 0 fully saturated rings. The van der Waals surface area contributed by atoms with Gasteiger partial charge in [0.15, 0.2) is 5.69 Å². The van der Waals surface area contributed by atoms with E-state index in [0.29, 0.717) is 5.56 Å². The zero-order valence-corrected chi connectivity index (χ0v) is 13.3. The number of hydrogen-bond donors (Lipinski definition) is 3. The van der Waals surface area contributed by atoms with E-state index >= 15 is 0 Å². The number of hydrogen-bond acceptors (Lipinski definition) is 6. The summed E-state index contributed by atoms with van der Waals surface area (Å²) in [4.78, 5) is 22.2. The normalized spacial score (nSPS) is 13.3. The van der Waals surface area contributed by atoms with Gasteiger partial charge >= 0.3 is 0 Å². The van der Waals surface area contributed by atoms with Crippen LogP contribution in [-0.2, 0) is 7.05 Å². The molecular weight excluding hydrogens is 340 g/mol. The van der Waals surface area contributed by atoms with E-state index in [-0.39, 0.29) is 16.4 Å². The number of nitrogens with zero attached hydrogens (tertiary/aromatic N) is 3. The fraction of sp³-hybridized carbons (Fsp3) is 0.286. The Kier molecular flexibility index (Phi) is 5.50. The molecule has 0 radical (unpaired) electrons. The second-order valence-electron chi connectivity index (χ2n) is 5.06. The first kappa shape index (κ1) is 17.9. The Hall–Kier alpha value is -2.49.